The Kier molecular flexibility index (Phi) is 6.04. The number of hydrogen-bond acceptors (Lipinski definition) is 7. The third-order valence-electron chi connectivity index (χ3n) is 4.21. The number of pyridine rings is 1. The van der Waals surface area contributed by atoms with E-state index >= 15 is 0 Å². The highest BCUT2D eigenvalue weighted by Crippen LogP contribution is 2.30. The van der Waals surface area contributed by atoms with Gasteiger partial charge in [0.15, 0.2) is 11.6 Å². The second kappa shape index (κ2) is 8.54. The van der Waals surface area contributed by atoms with Gasteiger partial charge in [-0.25, -0.2) is 18.7 Å². The number of amides is 1. The summed E-state index contributed by atoms with van der Waals surface area (Å²) in [7, 11) is -4.97. The Hall–Kier alpha value is -3.76. The molecule has 31 heavy (non-hydrogen) atoms. The zero-order valence-corrected chi connectivity index (χ0v) is 16.6. The molecule has 1 aromatic carbocycles. The van der Waals surface area contributed by atoms with Crippen molar-refractivity contribution < 1.29 is 26.5 Å². The molecule has 0 fully saturated rings. The smallest absolute Gasteiger partial charge is 0.295 e. The first-order valence-electron chi connectivity index (χ1n) is 8.59. The van der Waals surface area contributed by atoms with Crippen LogP contribution >= 0.6 is 0 Å². The van der Waals surface area contributed by atoms with E-state index in [1.54, 1.807) is 0 Å². The lowest BCUT2D eigenvalue weighted by Gasteiger charge is -2.17. The third-order valence-corrected chi connectivity index (χ3v) is 5.12. The zero-order chi connectivity index (χ0) is 22.8. The topological polar surface area (TPSA) is 151 Å². The summed E-state index contributed by atoms with van der Waals surface area (Å²) in [6.07, 6.45) is -0.818. The molecule has 0 aliphatic heterocycles. The van der Waals surface area contributed by atoms with Crippen LogP contribution in [0.15, 0.2) is 47.8 Å². The van der Waals surface area contributed by atoms with Gasteiger partial charge in [-0.2, -0.15) is 23.5 Å². The number of rotatable bonds is 6. The van der Waals surface area contributed by atoms with Gasteiger partial charge in [0, 0.05) is 11.8 Å². The SMILES string of the molecule is CC(NC(=O)c1cccc(S(=O)(=O)O)c1C(F)F)c1ncnn1-c1ccc(C#N)cn1. The molecule has 2 heterocycles. The third kappa shape index (κ3) is 4.55. The van der Waals surface area contributed by atoms with Crippen LogP contribution in [0, 0.1) is 11.3 Å². The van der Waals surface area contributed by atoms with E-state index in [1.165, 1.54) is 36.3 Å². The molecule has 2 aromatic heterocycles. The van der Waals surface area contributed by atoms with Gasteiger partial charge < -0.3 is 5.32 Å². The van der Waals surface area contributed by atoms with E-state index in [2.05, 4.69) is 20.4 Å². The Labute approximate surface area is 174 Å². The molecule has 0 radical (unpaired) electrons. The number of carbonyl (C=O) groups is 1. The van der Waals surface area contributed by atoms with E-state index in [-0.39, 0.29) is 5.82 Å². The number of carbonyl (C=O) groups excluding carboxylic acids is 1. The van der Waals surface area contributed by atoms with Crippen LogP contribution in [-0.2, 0) is 10.1 Å². The first-order valence-corrected chi connectivity index (χ1v) is 10.0. The van der Waals surface area contributed by atoms with E-state index in [0.717, 1.165) is 18.2 Å². The lowest BCUT2D eigenvalue weighted by molar-refractivity contribution is 0.0922. The number of benzene rings is 1. The molecule has 3 aromatic rings. The second-order valence-corrected chi connectivity index (χ2v) is 7.63. The van der Waals surface area contributed by atoms with E-state index < -0.39 is 44.5 Å². The number of halogens is 2. The Morgan fingerprint density at radius 2 is 2.00 bits per heavy atom. The summed E-state index contributed by atoms with van der Waals surface area (Å²) in [5, 5.41) is 15.3. The number of alkyl halides is 2. The lowest BCUT2D eigenvalue weighted by atomic mass is 10.1. The molecule has 0 saturated heterocycles. The van der Waals surface area contributed by atoms with Crippen LogP contribution < -0.4 is 5.32 Å². The van der Waals surface area contributed by atoms with Crippen LogP contribution in [0.1, 0.15) is 46.7 Å². The minimum absolute atomic E-state index is 0.204. The van der Waals surface area contributed by atoms with Crippen molar-refractivity contribution >= 4 is 16.0 Å². The monoisotopic (exact) mass is 448 g/mol. The molecule has 160 valence electrons. The lowest BCUT2D eigenvalue weighted by Crippen LogP contribution is -2.30. The largest absolute Gasteiger partial charge is 0.342 e. The Morgan fingerprint density at radius 1 is 1.26 bits per heavy atom. The molecule has 13 heteroatoms. The first-order chi connectivity index (χ1) is 14.6. The summed E-state index contributed by atoms with van der Waals surface area (Å²) < 4.78 is 60.4. The van der Waals surface area contributed by atoms with Gasteiger partial charge in [-0.15, -0.1) is 0 Å². The van der Waals surface area contributed by atoms with E-state index in [4.69, 9.17) is 5.26 Å². The average Bonchev–Trinajstić information content (AvgIpc) is 3.22. The standard InChI is InChI=1S/C18H14F2N6O4S/c1-10(17-23-9-24-26(17)14-6-5-11(7-21)8-22-14)25-18(27)12-3-2-4-13(31(28,29)30)15(12)16(19)20/h2-6,8-10,16H,1H3,(H,25,27)(H,28,29,30). The molecular weight excluding hydrogens is 434 g/mol. The number of aromatic nitrogens is 4. The van der Waals surface area contributed by atoms with Gasteiger partial charge in [-0.05, 0) is 31.2 Å². The zero-order valence-electron chi connectivity index (χ0n) is 15.8. The maximum absolute atomic E-state index is 13.5. The van der Waals surface area contributed by atoms with Crippen LogP contribution in [-0.4, -0.2) is 38.6 Å². The van der Waals surface area contributed by atoms with Crippen LogP contribution in [0.5, 0.6) is 0 Å². The Morgan fingerprint density at radius 3 is 2.58 bits per heavy atom. The molecule has 0 aliphatic carbocycles. The van der Waals surface area contributed by atoms with Crippen LogP contribution in [0.4, 0.5) is 8.78 Å². The Balaban J connectivity index is 1.92. The maximum atomic E-state index is 13.5. The van der Waals surface area contributed by atoms with Gasteiger partial charge in [0.1, 0.15) is 17.3 Å². The van der Waals surface area contributed by atoms with E-state index in [1.807, 2.05) is 6.07 Å². The fourth-order valence-electron chi connectivity index (χ4n) is 2.83. The first kappa shape index (κ1) is 21.9. The molecule has 10 nitrogen and oxygen atoms in total. The van der Waals surface area contributed by atoms with Crippen molar-refractivity contribution in [2.45, 2.75) is 24.3 Å². The van der Waals surface area contributed by atoms with Gasteiger partial charge in [0.05, 0.1) is 17.2 Å². The molecule has 1 atom stereocenters. The minimum atomic E-state index is -4.97. The number of nitriles is 1. The Bertz CT molecular complexity index is 1270. The highest BCUT2D eigenvalue weighted by atomic mass is 32.2. The van der Waals surface area contributed by atoms with Crippen molar-refractivity contribution in [3.8, 4) is 11.9 Å². The van der Waals surface area contributed by atoms with E-state index in [9.17, 15) is 26.5 Å². The predicted molar refractivity (Wildman–Crippen MR) is 101 cm³/mol. The van der Waals surface area contributed by atoms with Crippen molar-refractivity contribution in [3.05, 3.63) is 65.4 Å². The van der Waals surface area contributed by atoms with E-state index in [0.29, 0.717) is 11.4 Å². The van der Waals surface area contributed by atoms with Gasteiger partial charge in [-0.1, -0.05) is 6.07 Å². The normalized spacial score (nSPS) is 12.4. The molecule has 0 aliphatic rings. The summed E-state index contributed by atoms with van der Waals surface area (Å²) >= 11 is 0. The molecule has 2 N–H and O–H groups in total. The summed E-state index contributed by atoms with van der Waals surface area (Å²) in [6, 6.07) is 6.95. The second-order valence-electron chi connectivity index (χ2n) is 6.24. The molecule has 0 saturated carbocycles. The summed E-state index contributed by atoms with van der Waals surface area (Å²) in [6.45, 7) is 1.51. The fraction of sp³-hybridized carbons (Fsp3) is 0.167. The van der Waals surface area contributed by atoms with Gasteiger partial charge in [0.25, 0.3) is 22.5 Å². The van der Waals surface area contributed by atoms with Crippen LogP contribution in [0.25, 0.3) is 5.82 Å². The van der Waals surface area contributed by atoms with Gasteiger partial charge in [-0.3, -0.25) is 9.35 Å². The summed E-state index contributed by atoms with van der Waals surface area (Å²) in [5.41, 5.74) is -1.39. The van der Waals surface area contributed by atoms with Gasteiger partial charge in [0.2, 0.25) is 0 Å². The fourth-order valence-corrected chi connectivity index (χ4v) is 3.56. The molecule has 3 rings (SSSR count). The molecular formula is C18H14F2N6O4S. The van der Waals surface area contributed by atoms with Crippen molar-refractivity contribution in [1.29, 1.82) is 5.26 Å². The highest BCUT2D eigenvalue weighted by molar-refractivity contribution is 7.85. The molecule has 0 spiro atoms. The van der Waals surface area contributed by atoms with Gasteiger partial charge >= 0.3 is 0 Å². The quantitative estimate of drug-likeness (QED) is 0.545. The molecule has 1 unspecified atom stereocenters. The summed E-state index contributed by atoms with van der Waals surface area (Å²) in [4.78, 5) is 19.7. The highest BCUT2D eigenvalue weighted by Gasteiger charge is 2.28. The van der Waals surface area contributed by atoms with Crippen molar-refractivity contribution in [3.63, 3.8) is 0 Å². The predicted octanol–water partition coefficient (Wildman–Crippen LogP) is 2.21. The van der Waals surface area contributed by atoms with Crippen LogP contribution in [0.3, 0.4) is 0 Å². The van der Waals surface area contributed by atoms with Crippen molar-refractivity contribution in [2.75, 3.05) is 0 Å². The number of nitrogens with zero attached hydrogens (tertiary/aromatic N) is 5. The molecule has 1 amide bonds. The number of hydrogen-bond donors (Lipinski definition) is 2. The van der Waals surface area contributed by atoms with Crippen molar-refractivity contribution in [2.24, 2.45) is 0 Å². The minimum Gasteiger partial charge on any atom is -0.342 e. The maximum Gasteiger partial charge on any atom is 0.295 e. The molecule has 0 bridgehead atoms. The van der Waals surface area contributed by atoms with Crippen molar-refractivity contribution in [1.82, 2.24) is 25.1 Å². The average molecular weight is 448 g/mol. The summed E-state index contributed by atoms with van der Waals surface area (Å²) in [5.74, 6) is -0.500. The van der Waals surface area contributed by atoms with Crippen LogP contribution in [0.2, 0.25) is 0 Å². The number of nitrogens with one attached hydrogen (secondary N) is 1.